The van der Waals surface area contributed by atoms with Gasteiger partial charge in [0.1, 0.15) is 5.60 Å². The molecule has 2 aromatic heterocycles. The van der Waals surface area contributed by atoms with Crippen LogP contribution in [0.2, 0.25) is 0 Å². The summed E-state index contributed by atoms with van der Waals surface area (Å²) in [6.45, 7) is 5.56. The van der Waals surface area contributed by atoms with Gasteiger partial charge in [-0.1, -0.05) is 6.07 Å². The van der Waals surface area contributed by atoms with Crippen molar-refractivity contribution in [2.75, 3.05) is 0 Å². The lowest BCUT2D eigenvalue weighted by molar-refractivity contribution is 0.0540. The zero-order chi connectivity index (χ0) is 15.0. The molecule has 2 heterocycles. The number of ether oxygens (including phenoxy) is 1. The van der Waals surface area contributed by atoms with Crippen LogP contribution in [0.15, 0.2) is 42.7 Å². The van der Waals surface area contributed by atoms with Crippen LogP contribution >= 0.6 is 0 Å². The molecule has 5 nitrogen and oxygen atoms in total. The summed E-state index contributed by atoms with van der Waals surface area (Å²) in [5, 5.41) is 7.92. The van der Waals surface area contributed by atoms with Gasteiger partial charge in [-0.15, -0.1) is 0 Å². The first-order chi connectivity index (χ1) is 9.94. The molecule has 0 saturated carbocycles. The Bertz CT molecular complexity index is 793. The van der Waals surface area contributed by atoms with Gasteiger partial charge in [-0.25, -0.2) is 4.79 Å². The van der Waals surface area contributed by atoms with Crippen LogP contribution in [0.5, 0.6) is 0 Å². The van der Waals surface area contributed by atoms with E-state index in [1.165, 1.54) is 4.57 Å². The standard InChI is InChI=1S/C16H17N3O2/c1-16(2,3)21-15(20)19-8-4-5-14(19)11-6-7-13-12(9-11)10-17-18-13/h4-10H,1-3H3,(H,17,18). The van der Waals surface area contributed by atoms with Gasteiger partial charge in [0, 0.05) is 11.6 Å². The van der Waals surface area contributed by atoms with Crippen LogP contribution in [0.1, 0.15) is 20.8 Å². The molecule has 21 heavy (non-hydrogen) atoms. The first-order valence-corrected chi connectivity index (χ1v) is 6.78. The Morgan fingerprint density at radius 1 is 1.29 bits per heavy atom. The first kappa shape index (κ1) is 13.4. The molecule has 108 valence electrons. The zero-order valence-electron chi connectivity index (χ0n) is 12.3. The van der Waals surface area contributed by atoms with Gasteiger partial charge in [-0.3, -0.25) is 9.67 Å². The fraction of sp³-hybridized carbons (Fsp3) is 0.250. The van der Waals surface area contributed by atoms with Crippen molar-refractivity contribution in [3.8, 4) is 11.3 Å². The minimum atomic E-state index is -0.521. The quantitative estimate of drug-likeness (QED) is 0.738. The summed E-state index contributed by atoms with van der Waals surface area (Å²) in [7, 11) is 0. The number of H-pyrrole nitrogens is 1. The van der Waals surface area contributed by atoms with Crippen molar-refractivity contribution in [2.45, 2.75) is 26.4 Å². The number of aromatic amines is 1. The molecule has 5 heteroatoms. The van der Waals surface area contributed by atoms with E-state index in [-0.39, 0.29) is 6.09 Å². The van der Waals surface area contributed by atoms with Crippen LogP contribution in [-0.4, -0.2) is 26.5 Å². The summed E-state index contributed by atoms with van der Waals surface area (Å²) in [5.41, 5.74) is 2.19. The molecule has 0 atom stereocenters. The highest BCUT2D eigenvalue weighted by Gasteiger charge is 2.19. The lowest BCUT2D eigenvalue weighted by Crippen LogP contribution is -2.27. The lowest BCUT2D eigenvalue weighted by atomic mass is 10.1. The lowest BCUT2D eigenvalue weighted by Gasteiger charge is -2.20. The Morgan fingerprint density at radius 2 is 2.10 bits per heavy atom. The summed E-state index contributed by atoms with van der Waals surface area (Å²) in [6, 6.07) is 9.62. The van der Waals surface area contributed by atoms with Crippen molar-refractivity contribution in [1.82, 2.24) is 14.8 Å². The molecule has 3 aromatic rings. The van der Waals surface area contributed by atoms with Crippen LogP contribution in [0.3, 0.4) is 0 Å². The van der Waals surface area contributed by atoms with E-state index in [0.717, 1.165) is 22.2 Å². The Hall–Kier alpha value is -2.56. The maximum absolute atomic E-state index is 12.3. The third-order valence-corrected chi connectivity index (χ3v) is 3.07. The molecular formula is C16H17N3O2. The number of carbonyl (C=O) groups is 1. The topological polar surface area (TPSA) is 59.9 Å². The van der Waals surface area contributed by atoms with Crippen molar-refractivity contribution in [3.63, 3.8) is 0 Å². The van der Waals surface area contributed by atoms with Crippen LogP contribution in [-0.2, 0) is 4.74 Å². The number of hydrogen-bond acceptors (Lipinski definition) is 3. The number of nitrogens with zero attached hydrogens (tertiary/aromatic N) is 2. The Morgan fingerprint density at radius 3 is 2.86 bits per heavy atom. The van der Waals surface area contributed by atoms with Gasteiger partial charge >= 0.3 is 6.09 Å². The molecule has 0 fully saturated rings. The van der Waals surface area contributed by atoms with Gasteiger partial charge in [-0.05, 0) is 50.6 Å². The van der Waals surface area contributed by atoms with E-state index in [4.69, 9.17) is 4.74 Å². The van der Waals surface area contributed by atoms with E-state index >= 15 is 0 Å². The van der Waals surface area contributed by atoms with E-state index in [0.29, 0.717) is 0 Å². The molecular weight excluding hydrogens is 266 g/mol. The first-order valence-electron chi connectivity index (χ1n) is 6.78. The predicted molar refractivity (Wildman–Crippen MR) is 81.2 cm³/mol. The third-order valence-electron chi connectivity index (χ3n) is 3.07. The van der Waals surface area contributed by atoms with Crippen LogP contribution in [0.4, 0.5) is 4.79 Å². The molecule has 0 aliphatic rings. The molecule has 0 aliphatic carbocycles. The van der Waals surface area contributed by atoms with Crippen LogP contribution in [0.25, 0.3) is 22.2 Å². The van der Waals surface area contributed by atoms with Crippen molar-refractivity contribution < 1.29 is 9.53 Å². The van der Waals surface area contributed by atoms with E-state index in [9.17, 15) is 4.79 Å². The maximum atomic E-state index is 12.3. The normalized spacial score (nSPS) is 11.8. The maximum Gasteiger partial charge on any atom is 0.418 e. The number of fused-ring (bicyclic) bond motifs is 1. The van der Waals surface area contributed by atoms with E-state index in [1.54, 1.807) is 12.4 Å². The Kier molecular flexibility index (Phi) is 3.05. The smallest absolute Gasteiger partial charge is 0.418 e. The van der Waals surface area contributed by atoms with E-state index in [1.807, 2.05) is 51.1 Å². The highest BCUT2D eigenvalue weighted by atomic mass is 16.6. The van der Waals surface area contributed by atoms with Gasteiger partial charge in [0.15, 0.2) is 0 Å². The molecule has 0 spiro atoms. The molecule has 3 rings (SSSR count). The molecule has 1 aromatic carbocycles. The molecule has 0 unspecified atom stereocenters. The summed E-state index contributed by atoms with van der Waals surface area (Å²) in [4.78, 5) is 12.3. The minimum Gasteiger partial charge on any atom is -0.443 e. The number of rotatable bonds is 1. The molecule has 0 amide bonds. The average molecular weight is 283 g/mol. The predicted octanol–water partition coefficient (Wildman–Crippen LogP) is 3.81. The summed E-state index contributed by atoms with van der Waals surface area (Å²) in [5.74, 6) is 0. The Labute approximate surface area is 122 Å². The van der Waals surface area contributed by atoms with E-state index < -0.39 is 5.60 Å². The van der Waals surface area contributed by atoms with Gasteiger partial charge < -0.3 is 4.74 Å². The van der Waals surface area contributed by atoms with Crippen LogP contribution < -0.4 is 0 Å². The van der Waals surface area contributed by atoms with Crippen molar-refractivity contribution in [3.05, 3.63) is 42.7 Å². The third kappa shape index (κ3) is 2.67. The van der Waals surface area contributed by atoms with Crippen molar-refractivity contribution in [1.29, 1.82) is 0 Å². The zero-order valence-corrected chi connectivity index (χ0v) is 12.3. The Balaban J connectivity index is 2.00. The van der Waals surface area contributed by atoms with Crippen molar-refractivity contribution >= 4 is 17.0 Å². The SMILES string of the molecule is CC(C)(C)OC(=O)n1cccc1-c1ccc2[nH]ncc2c1. The molecule has 0 saturated heterocycles. The number of benzene rings is 1. The van der Waals surface area contributed by atoms with Gasteiger partial charge in [0.25, 0.3) is 0 Å². The average Bonchev–Trinajstić information content (AvgIpc) is 3.04. The molecule has 0 aliphatic heterocycles. The van der Waals surface area contributed by atoms with E-state index in [2.05, 4.69) is 10.2 Å². The number of hydrogen-bond donors (Lipinski definition) is 1. The summed E-state index contributed by atoms with van der Waals surface area (Å²) in [6.07, 6.45) is 3.09. The van der Waals surface area contributed by atoms with Crippen LogP contribution in [0, 0.1) is 0 Å². The molecule has 1 N–H and O–H groups in total. The molecule has 0 radical (unpaired) electrons. The summed E-state index contributed by atoms with van der Waals surface area (Å²) < 4.78 is 6.94. The highest BCUT2D eigenvalue weighted by Crippen LogP contribution is 2.25. The number of carbonyl (C=O) groups excluding carboxylic acids is 1. The largest absolute Gasteiger partial charge is 0.443 e. The number of nitrogens with one attached hydrogen (secondary N) is 1. The van der Waals surface area contributed by atoms with Gasteiger partial charge in [0.05, 0.1) is 17.4 Å². The van der Waals surface area contributed by atoms with Crippen molar-refractivity contribution in [2.24, 2.45) is 0 Å². The van der Waals surface area contributed by atoms with Gasteiger partial charge in [-0.2, -0.15) is 5.10 Å². The van der Waals surface area contributed by atoms with Gasteiger partial charge in [0.2, 0.25) is 0 Å². The second-order valence-corrected chi connectivity index (χ2v) is 5.92. The highest BCUT2D eigenvalue weighted by molar-refractivity contribution is 5.86. The second kappa shape index (κ2) is 4.77. The molecule has 0 bridgehead atoms. The second-order valence-electron chi connectivity index (χ2n) is 5.92. The summed E-state index contributed by atoms with van der Waals surface area (Å²) >= 11 is 0. The monoisotopic (exact) mass is 283 g/mol. The fourth-order valence-corrected chi connectivity index (χ4v) is 2.19. The number of aromatic nitrogens is 3. The fourth-order valence-electron chi connectivity index (χ4n) is 2.19. The minimum absolute atomic E-state index is 0.380.